The van der Waals surface area contributed by atoms with E-state index >= 15 is 0 Å². The summed E-state index contributed by atoms with van der Waals surface area (Å²) >= 11 is 0. The van der Waals surface area contributed by atoms with E-state index in [1.165, 1.54) is 6.07 Å². The second-order valence-corrected chi connectivity index (χ2v) is 4.50. The lowest BCUT2D eigenvalue weighted by atomic mass is 10.0. The number of benzene rings is 1. The van der Waals surface area contributed by atoms with Crippen LogP contribution in [0, 0.1) is 5.21 Å². The van der Waals surface area contributed by atoms with E-state index in [4.69, 9.17) is 5.21 Å². The molecular formula is C13H20N3O3-. The lowest BCUT2D eigenvalue weighted by Gasteiger charge is -2.27. The molecule has 2 N–H and O–H groups in total. The van der Waals surface area contributed by atoms with Gasteiger partial charge in [-0.15, -0.1) is 0 Å². The number of anilines is 1. The van der Waals surface area contributed by atoms with Crippen LogP contribution in [0.15, 0.2) is 18.2 Å². The zero-order valence-corrected chi connectivity index (χ0v) is 11.5. The fourth-order valence-corrected chi connectivity index (χ4v) is 1.77. The highest BCUT2D eigenvalue weighted by molar-refractivity contribution is 6.00. The van der Waals surface area contributed by atoms with Crippen LogP contribution >= 0.6 is 0 Å². The summed E-state index contributed by atoms with van der Waals surface area (Å²) < 4.78 is 0. The second-order valence-electron chi connectivity index (χ2n) is 4.50. The number of nitrogens with zero attached hydrogens (tertiary/aromatic N) is 2. The van der Waals surface area contributed by atoms with Crippen LogP contribution in [-0.2, 0) is 6.42 Å². The number of para-hydroxylation sites is 1. The van der Waals surface area contributed by atoms with Crippen molar-refractivity contribution in [3.63, 3.8) is 0 Å². The lowest BCUT2D eigenvalue weighted by molar-refractivity contribution is 0.0950. The first-order chi connectivity index (χ1) is 8.97. The van der Waals surface area contributed by atoms with Crippen LogP contribution < -0.4 is 10.5 Å². The molecule has 0 heterocycles. The zero-order valence-electron chi connectivity index (χ0n) is 11.5. The van der Waals surface area contributed by atoms with Crippen molar-refractivity contribution in [2.75, 3.05) is 32.4 Å². The molecule has 0 aromatic heterocycles. The number of nitrogens with one attached hydrogen (secondary N) is 1. The van der Waals surface area contributed by atoms with Crippen molar-refractivity contribution in [1.82, 2.24) is 10.2 Å². The first-order valence-corrected chi connectivity index (χ1v) is 6.18. The third kappa shape index (κ3) is 4.20. The van der Waals surface area contributed by atoms with E-state index in [2.05, 4.69) is 5.32 Å². The summed E-state index contributed by atoms with van der Waals surface area (Å²) in [6.45, 7) is 3.04. The lowest BCUT2D eigenvalue weighted by Crippen LogP contribution is -2.32. The number of hydrogen-bond acceptors (Lipinski definition) is 5. The number of carbonyl (C=O) groups is 1. The van der Waals surface area contributed by atoms with E-state index in [-0.39, 0.29) is 22.4 Å². The Morgan fingerprint density at radius 1 is 1.42 bits per heavy atom. The van der Waals surface area contributed by atoms with Crippen LogP contribution in [0.4, 0.5) is 5.69 Å². The third-order valence-electron chi connectivity index (χ3n) is 2.78. The van der Waals surface area contributed by atoms with Gasteiger partial charge in [0.25, 0.3) is 5.91 Å². The van der Waals surface area contributed by atoms with Gasteiger partial charge in [0.2, 0.25) is 0 Å². The highest BCUT2D eigenvalue weighted by atomic mass is 16.8. The minimum atomic E-state index is -0.359. The molecule has 0 aliphatic heterocycles. The van der Waals surface area contributed by atoms with Crippen molar-refractivity contribution >= 4 is 11.6 Å². The maximum absolute atomic E-state index is 12.0. The Morgan fingerprint density at radius 3 is 2.63 bits per heavy atom. The molecule has 0 bridgehead atoms. The normalized spacial score (nSPS) is 10.6. The van der Waals surface area contributed by atoms with Gasteiger partial charge < -0.3 is 20.7 Å². The predicted molar refractivity (Wildman–Crippen MR) is 74.3 cm³/mol. The van der Waals surface area contributed by atoms with E-state index in [1.807, 2.05) is 25.9 Å². The van der Waals surface area contributed by atoms with E-state index in [0.717, 1.165) is 0 Å². The summed E-state index contributed by atoms with van der Waals surface area (Å²) in [5.41, 5.74) is 0.848. The quantitative estimate of drug-likeness (QED) is 0.757. The number of rotatable bonds is 6. The Kier molecular flexibility index (Phi) is 5.75. The van der Waals surface area contributed by atoms with Crippen LogP contribution in [0.5, 0.6) is 0 Å². The van der Waals surface area contributed by atoms with Crippen molar-refractivity contribution in [2.24, 2.45) is 0 Å². The first kappa shape index (κ1) is 15.4. The molecule has 1 rings (SSSR count). The summed E-state index contributed by atoms with van der Waals surface area (Å²) in [6.07, 6.45) is 0.563. The van der Waals surface area contributed by atoms with Gasteiger partial charge >= 0.3 is 0 Å². The topological polar surface area (TPSA) is 78.9 Å². The molecule has 0 unspecified atom stereocenters. The average Bonchev–Trinajstić information content (AvgIpc) is 2.36. The Hall–Kier alpha value is -1.63. The Bertz CT molecular complexity index is 433. The molecule has 0 saturated carbocycles. The van der Waals surface area contributed by atoms with Crippen molar-refractivity contribution in [3.8, 4) is 0 Å². The number of amides is 1. The van der Waals surface area contributed by atoms with E-state index < -0.39 is 0 Å². The number of carbonyl (C=O) groups excluding carboxylic acids is 1. The number of likely N-dealkylation sites (N-methyl/N-ethyl adjacent to an activating group) is 1. The molecule has 0 aliphatic rings. The molecule has 1 aromatic carbocycles. The van der Waals surface area contributed by atoms with Crippen LogP contribution in [0.3, 0.4) is 0 Å². The largest absolute Gasteiger partial charge is 0.733 e. The molecule has 0 aliphatic carbocycles. The minimum Gasteiger partial charge on any atom is -0.733 e. The summed E-state index contributed by atoms with van der Waals surface area (Å²) in [7, 11) is 3.81. The van der Waals surface area contributed by atoms with Crippen LogP contribution in [0.1, 0.15) is 22.8 Å². The Morgan fingerprint density at radius 2 is 2.11 bits per heavy atom. The zero-order chi connectivity index (χ0) is 14.4. The fourth-order valence-electron chi connectivity index (χ4n) is 1.77. The predicted octanol–water partition coefficient (Wildman–Crippen LogP) is 1.23. The van der Waals surface area contributed by atoms with Crippen molar-refractivity contribution < 1.29 is 10.0 Å². The summed E-state index contributed by atoms with van der Waals surface area (Å²) in [5.74, 6) is -0.359. The van der Waals surface area contributed by atoms with Gasteiger partial charge in [0, 0.05) is 13.1 Å². The van der Waals surface area contributed by atoms with Gasteiger partial charge in [-0.2, -0.15) is 0 Å². The molecule has 0 fully saturated rings. The molecule has 0 atom stereocenters. The Labute approximate surface area is 113 Å². The maximum atomic E-state index is 12.0. The molecular weight excluding hydrogens is 246 g/mol. The molecule has 0 radical (unpaired) electrons. The van der Waals surface area contributed by atoms with Gasteiger partial charge in [-0.3, -0.25) is 10.0 Å². The van der Waals surface area contributed by atoms with Gasteiger partial charge in [-0.25, -0.2) is 0 Å². The molecule has 0 spiro atoms. The number of aryl methyl sites for hydroxylation is 1. The first-order valence-electron chi connectivity index (χ1n) is 6.18. The summed E-state index contributed by atoms with van der Waals surface area (Å²) in [5, 5.41) is 22.9. The van der Waals surface area contributed by atoms with E-state index in [9.17, 15) is 10.0 Å². The summed E-state index contributed by atoms with van der Waals surface area (Å²) in [6, 6.07) is 4.94. The molecule has 19 heavy (non-hydrogen) atoms. The highest BCUT2D eigenvalue weighted by Crippen LogP contribution is 2.24. The van der Waals surface area contributed by atoms with Crippen molar-refractivity contribution in [2.45, 2.75) is 13.3 Å². The molecule has 6 heteroatoms. The monoisotopic (exact) mass is 266 g/mol. The van der Waals surface area contributed by atoms with E-state index in [1.54, 1.807) is 12.1 Å². The van der Waals surface area contributed by atoms with Crippen LogP contribution in [-0.4, -0.2) is 43.2 Å². The SMILES string of the molecule is CCc1cccc(C(=O)NCCN(C)C)c1N([O-])O. The van der Waals surface area contributed by atoms with Gasteiger partial charge in [0.1, 0.15) is 0 Å². The van der Waals surface area contributed by atoms with E-state index in [0.29, 0.717) is 25.1 Å². The smallest absolute Gasteiger partial charge is 0.253 e. The number of hydrogen-bond donors (Lipinski definition) is 2. The molecule has 0 saturated heterocycles. The molecule has 1 amide bonds. The van der Waals surface area contributed by atoms with Crippen molar-refractivity contribution in [3.05, 3.63) is 34.5 Å². The Balaban J connectivity index is 2.90. The molecule has 106 valence electrons. The van der Waals surface area contributed by atoms with Gasteiger partial charge in [0.15, 0.2) is 0 Å². The van der Waals surface area contributed by atoms with Gasteiger partial charge in [0.05, 0.1) is 11.3 Å². The molecule has 1 aromatic rings. The standard InChI is InChI=1S/C13H20N3O3/c1-4-10-6-5-7-11(12(10)16(18)19)13(17)14-8-9-15(2)3/h5-7,18H,4,8-9H2,1-3H3,(H,14,17)/q-1. The maximum Gasteiger partial charge on any atom is 0.253 e. The fraction of sp³-hybridized carbons (Fsp3) is 0.462. The van der Waals surface area contributed by atoms with Crippen molar-refractivity contribution in [1.29, 1.82) is 0 Å². The van der Waals surface area contributed by atoms with Crippen LogP contribution in [0.25, 0.3) is 0 Å². The summed E-state index contributed by atoms with van der Waals surface area (Å²) in [4.78, 5) is 14.0. The third-order valence-corrected chi connectivity index (χ3v) is 2.78. The molecule has 6 nitrogen and oxygen atoms in total. The second kappa shape index (κ2) is 7.08. The minimum absolute atomic E-state index is 0.0207. The van der Waals surface area contributed by atoms with Gasteiger partial charge in [-0.1, -0.05) is 19.1 Å². The highest BCUT2D eigenvalue weighted by Gasteiger charge is 2.14. The van der Waals surface area contributed by atoms with Crippen LogP contribution in [0.2, 0.25) is 0 Å². The average molecular weight is 266 g/mol. The van der Waals surface area contributed by atoms with Gasteiger partial charge in [-0.05, 0) is 32.1 Å².